The van der Waals surface area contributed by atoms with Crippen LogP contribution in [0.4, 0.5) is 19.0 Å². The normalized spacial score (nSPS) is 11.7. The minimum atomic E-state index is -4.80. The lowest BCUT2D eigenvalue weighted by atomic mass is 10.1. The minimum Gasteiger partial charge on any atom is -0.384 e. The number of aryl methyl sites for hydroxylation is 2. The molecule has 0 saturated heterocycles. The summed E-state index contributed by atoms with van der Waals surface area (Å²) in [6.45, 7) is 3.54. The van der Waals surface area contributed by atoms with Gasteiger partial charge in [-0.05, 0) is 54.8 Å². The SMILES string of the molecule is Cc1cc(N)nc(C)c1CNC(=O)c1cn(Cc2ccc3ncc(Cl)cc3c2)nc1C(F)(F)F. The maximum absolute atomic E-state index is 13.6. The fraction of sp³-hybridized carbons (Fsp3) is 0.217. The van der Waals surface area contributed by atoms with Crippen molar-refractivity contribution < 1.29 is 18.0 Å². The summed E-state index contributed by atoms with van der Waals surface area (Å²) in [5.74, 6) is -0.554. The van der Waals surface area contributed by atoms with Crippen LogP contribution in [0, 0.1) is 13.8 Å². The molecular weight excluding hydrogens is 469 g/mol. The van der Waals surface area contributed by atoms with E-state index in [9.17, 15) is 18.0 Å². The molecule has 0 radical (unpaired) electrons. The molecule has 0 aliphatic heterocycles. The van der Waals surface area contributed by atoms with Gasteiger partial charge in [-0.2, -0.15) is 18.3 Å². The van der Waals surface area contributed by atoms with Gasteiger partial charge in [0.1, 0.15) is 5.82 Å². The summed E-state index contributed by atoms with van der Waals surface area (Å²) in [6.07, 6.45) is -2.19. The molecule has 11 heteroatoms. The average molecular weight is 489 g/mol. The first-order valence-electron chi connectivity index (χ1n) is 10.2. The van der Waals surface area contributed by atoms with Gasteiger partial charge in [-0.15, -0.1) is 0 Å². The fourth-order valence-electron chi connectivity index (χ4n) is 3.74. The van der Waals surface area contributed by atoms with Crippen molar-refractivity contribution in [2.45, 2.75) is 33.1 Å². The third-order valence-electron chi connectivity index (χ3n) is 5.33. The fourth-order valence-corrected chi connectivity index (χ4v) is 3.90. The van der Waals surface area contributed by atoms with Crippen molar-refractivity contribution in [2.24, 2.45) is 0 Å². The van der Waals surface area contributed by atoms with E-state index in [4.69, 9.17) is 17.3 Å². The van der Waals surface area contributed by atoms with Gasteiger partial charge in [0.2, 0.25) is 0 Å². The number of nitrogens with two attached hydrogens (primary N) is 1. The van der Waals surface area contributed by atoms with Gasteiger partial charge >= 0.3 is 6.18 Å². The number of anilines is 1. The number of nitrogens with one attached hydrogen (secondary N) is 1. The Kier molecular flexibility index (Phi) is 6.18. The number of carbonyl (C=O) groups is 1. The minimum absolute atomic E-state index is 0.00465. The molecule has 0 spiro atoms. The summed E-state index contributed by atoms with van der Waals surface area (Å²) in [4.78, 5) is 21.1. The largest absolute Gasteiger partial charge is 0.435 e. The lowest BCUT2D eigenvalue weighted by molar-refractivity contribution is -0.141. The molecule has 3 N–H and O–H groups in total. The molecule has 1 amide bonds. The van der Waals surface area contributed by atoms with Crippen molar-refractivity contribution in [1.29, 1.82) is 0 Å². The number of hydrogen-bond donors (Lipinski definition) is 2. The molecule has 34 heavy (non-hydrogen) atoms. The van der Waals surface area contributed by atoms with E-state index in [1.807, 2.05) is 0 Å². The summed E-state index contributed by atoms with van der Waals surface area (Å²) in [5, 5.41) is 7.39. The second-order valence-electron chi connectivity index (χ2n) is 7.88. The van der Waals surface area contributed by atoms with Crippen molar-refractivity contribution in [3.05, 3.63) is 81.4 Å². The number of rotatable bonds is 5. The number of alkyl halides is 3. The molecule has 0 bridgehead atoms. The van der Waals surface area contributed by atoms with Gasteiger partial charge in [0.25, 0.3) is 5.91 Å². The zero-order chi connectivity index (χ0) is 24.6. The Labute approximate surface area is 197 Å². The van der Waals surface area contributed by atoms with Gasteiger partial charge < -0.3 is 11.1 Å². The molecule has 7 nitrogen and oxygen atoms in total. The Morgan fingerprint density at radius 3 is 2.68 bits per heavy atom. The van der Waals surface area contributed by atoms with E-state index in [-0.39, 0.29) is 13.1 Å². The second kappa shape index (κ2) is 8.94. The third kappa shape index (κ3) is 4.96. The van der Waals surface area contributed by atoms with Crippen molar-refractivity contribution in [3.8, 4) is 0 Å². The standard InChI is InChI=1S/C23H20ClF3N6O/c1-12-5-20(28)31-13(2)17(12)9-30-22(34)18-11-33(32-21(18)23(25,26)27)10-14-3-4-19-15(6-14)7-16(24)8-29-19/h3-8,11H,9-10H2,1-2H3,(H2,28,31)(H,30,34). The van der Waals surface area contributed by atoms with Crippen LogP contribution in [0.5, 0.6) is 0 Å². The zero-order valence-corrected chi connectivity index (χ0v) is 19.0. The van der Waals surface area contributed by atoms with E-state index < -0.39 is 23.3 Å². The average Bonchev–Trinajstić information content (AvgIpc) is 3.17. The number of hydrogen-bond acceptors (Lipinski definition) is 5. The summed E-state index contributed by atoms with van der Waals surface area (Å²) in [7, 11) is 0. The maximum Gasteiger partial charge on any atom is 0.435 e. The van der Waals surface area contributed by atoms with Gasteiger partial charge in [-0.3, -0.25) is 14.5 Å². The molecule has 3 heterocycles. The van der Waals surface area contributed by atoms with E-state index in [1.54, 1.807) is 44.2 Å². The number of pyridine rings is 2. The molecule has 1 aromatic carbocycles. The van der Waals surface area contributed by atoms with Crippen LogP contribution in [0.25, 0.3) is 10.9 Å². The highest BCUT2D eigenvalue weighted by Crippen LogP contribution is 2.31. The van der Waals surface area contributed by atoms with Crippen molar-refractivity contribution in [1.82, 2.24) is 25.1 Å². The molecule has 0 saturated carbocycles. The Balaban J connectivity index is 1.59. The predicted octanol–water partition coefficient (Wildman–Crippen LogP) is 4.68. The Bertz CT molecular complexity index is 1380. The van der Waals surface area contributed by atoms with Gasteiger partial charge in [-0.25, -0.2) is 4.98 Å². The lowest BCUT2D eigenvalue weighted by Crippen LogP contribution is -2.26. The summed E-state index contributed by atoms with van der Waals surface area (Å²) in [5.41, 5.74) is 7.33. The monoisotopic (exact) mass is 488 g/mol. The summed E-state index contributed by atoms with van der Waals surface area (Å²) >= 11 is 5.98. The third-order valence-corrected chi connectivity index (χ3v) is 5.54. The number of aromatic nitrogens is 4. The highest BCUT2D eigenvalue weighted by atomic mass is 35.5. The smallest absolute Gasteiger partial charge is 0.384 e. The molecule has 0 aliphatic rings. The van der Waals surface area contributed by atoms with Gasteiger partial charge in [-0.1, -0.05) is 17.7 Å². The Morgan fingerprint density at radius 2 is 1.97 bits per heavy atom. The number of fused-ring (bicyclic) bond motifs is 1. The van der Waals surface area contributed by atoms with Crippen LogP contribution in [-0.2, 0) is 19.3 Å². The van der Waals surface area contributed by atoms with Gasteiger partial charge in [0, 0.05) is 30.0 Å². The van der Waals surface area contributed by atoms with Crippen LogP contribution < -0.4 is 11.1 Å². The molecule has 0 atom stereocenters. The van der Waals surface area contributed by atoms with E-state index in [0.717, 1.165) is 21.8 Å². The Morgan fingerprint density at radius 1 is 1.21 bits per heavy atom. The van der Waals surface area contributed by atoms with E-state index in [2.05, 4.69) is 20.4 Å². The molecule has 4 aromatic rings. The Hall–Kier alpha value is -3.66. The van der Waals surface area contributed by atoms with Gasteiger partial charge in [0.05, 0.1) is 22.6 Å². The van der Waals surface area contributed by atoms with Crippen LogP contribution in [0.1, 0.15) is 38.4 Å². The van der Waals surface area contributed by atoms with Crippen LogP contribution in [0.2, 0.25) is 5.02 Å². The number of carbonyl (C=O) groups excluding carboxylic acids is 1. The molecule has 176 valence electrons. The highest BCUT2D eigenvalue weighted by molar-refractivity contribution is 6.31. The first-order valence-corrected chi connectivity index (χ1v) is 10.6. The molecule has 4 rings (SSSR count). The second-order valence-corrected chi connectivity index (χ2v) is 8.31. The first kappa shape index (κ1) is 23.5. The number of nitrogen functional groups attached to an aromatic ring is 1. The quantitative estimate of drug-likeness (QED) is 0.425. The van der Waals surface area contributed by atoms with Crippen molar-refractivity contribution in [3.63, 3.8) is 0 Å². The zero-order valence-electron chi connectivity index (χ0n) is 18.2. The highest BCUT2D eigenvalue weighted by Gasteiger charge is 2.39. The van der Waals surface area contributed by atoms with Gasteiger partial charge in [0.15, 0.2) is 5.69 Å². The van der Waals surface area contributed by atoms with Crippen LogP contribution in [-0.4, -0.2) is 25.7 Å². The van der Waals surface area contributed by atoms with E-state index in [0.29, 0.717) is 33.2 Å². The first-order chi connectivity index (χ1) is 16.0. The predicted molar refractivity (Wildman–Crippen MR) is 122 cm³/mol. The van der Waals surface area contributed by atoms with Crippen LogP contribution >= 0.6 is 11.6 Å². The molecule has 0 unspecified atom stereocenters. The molecule has 0 aliphatic carbocycles. The van der Waals surface area contributed by atoms with Crippen LogP contribution in [0.15, 0.2) is 42.7 Å². The topological polar surface area (TPSA) is 98.7 Å². The number of benzene rings is 1. The molecule has 0 fully saturated rings. The van der Waals surface area contributed by atoms with Crippen LogP contribution in [0.3, 0.4) is 0 Å². The summed E-state index contributed by atoms with van der Waals surface area (Å²) in [6, 6.07) is 8.60. The van der Waals surface area contributed by atoms with Crippen molar-refractivity contribution in [2.75, 3.05) is 5.73 Å². The molecular formula is C23H20ClF3N6O. The summed E-state index contributed by atoms with van der Waals surface area (Å²) < 4.78 is 42.0. The molecule has 3 aromatic heterocycles. The maximum atomic E-state index is 13.6. The number of amides is 1. The van der Waals surface area contributed by atoms with Crippen molar-refractivity contribution >= 4 is 34.2 Å². The number of halogens is 4. The number of nitrogens with zero attached hydrogens (tertiary/aromatic N) is 4. The lowest BCUT2D eigenvalue weighted by Gasteiger charge is -2.12. The van der Waals surface area contributed by atoms with E-state index in [1.165, 1.54) is 6.20 Å². The van der Waals surface area contributed by atoms with E-state index >= 15 is 0 Å².